The highest BCUT2D eigenvalue weighted by Crippen LogP contribution is 2.16. The summed E-state index contributed by atoms with van der Waals surface area (Å²) in [6.07, 6.45) is 0.614. The van der Waals surface area contributed by atoms with Crippen molar-refractivity contribution in [3.8, 4) is 0 Å². The van der Waals surface area contributed by atoms with Gasteiger partial charge in [0.25, 0.3) is 0 Å². The number of rotatable bonds is 5. The van der Waals surface area contributed by atoms with E-state index in [1.54, 1.807) is 12.1 Å². The Kier molecular flexibility index (Phi) is 3.90. The van der Waals surface area contributed by atoms with Gasteiger partial charge in [-0.1, -0.05) is 6.07 Å². The number of carbonyl (C=O) groups is 1. The van der Waals surface area contributed by atoms with Gasteiger partial charge in [0, 0.05) is 26.1 Å². The number of aromatic carboxylic acids is 1. The Morgan fingerprint density at radius 2 is 2.39 bits per heavy atom. The van der Waals surface area contributed by atoms with Gasteiger partial charge in [0.2, 0.25) is 0 Å². The van der Waals surface area contributed by atoms with Crippen molar-refractivity contribution >= 4 is 5.97 Å². The first-order valence-electron chi connectivity index (χ1n) is 5.79. The molecule has 1 aliphatic heterocycles. The SMILES string of the molecule is O=C(O)c1cccc(CNCC2(O)CCOC2)n1. The molecule has 0 amide bonds. The maximum atomic E-state index is 10.7. The first kappa shape index (κ1) is 12.9. The van der Waals surface area contributed by atoms with Crippen molar-refractivity contribution in [3.05, 3.63) is 29.6 Å². The van der Waals surface area contributed by atoms with Gasteiger partial charge in [-0.15, -0.1) is 0 Å². The molecule has 6 nitrogen and oxygen atoms in total. The van der Waals surface area contributed by atoms with Crippen LogP contribution in [0.1, 0.15) is 22.6 Å². The van der Waals surface area contributed by atoms with E-state index in [0.29, 0.717) is 38.4 Å². The van der Waals surface area contributed by atoms with E-state index in [1.165, 1.54) is 6.07 Å². The van der Waals surface area contributed by atoms with Crippen molar-refractivity contribution < 1.29 is 19.7 Å². The highest BCUT2D eigenvalue weighted by molar-refractivity contribution is 5.85. The molecule has 1 saturated heterocycles. The third-order valence-corrected chi connectivity index (χ3v) is 2.87. The second-order valence-electron chi connectivity index (χ2n) is 4.45. The average molecular weight is 252 g/mol. The Morgan fingerprint density at radius 3 is 3.06 bits per heavy atom. The molecule has 1 unspecified atom stereocenters. The summed E-state index contributed by atoms with van der Waals surface area (Å²) in [7, 11) is 0. The van der Waals surface area contributed by atoms with E-state index in [2.05, 4.69) is 10.3 Å². The lowest BCUT2D eigenvalue weighted by Gasteiger charge is -2.20. The number of aliphatic hydroxyl groups is 1. The summed E-state index contributed by atoms with van der Waals surface area (Å²) in [4.78, 5) is 14.7. The van der Waals surface area contributed by atoms with Crippen molar-refractivity contribution in [3.63, 3.8) is 0 Å². The van der Waals surface area contributed by atoms with Crippen LogP contribution in [-0.4, -0.2) is 46.5 Å². The molecule has 1 atom stereocenters. The van der Waals surface area contributed by atoms with Gasteiger partial charge >= 0.3 is 5.97 Å². The Morgan fingerprint density at radius 1 is 1.56 bits per heavy atom. The summed E-state index contributed by atoms with van der Waals surface area (Å²) in [6.45, 7) is 1.74. The molecule has 1 aliphatic rings. The van der Waals surface area contributed by atoms with Crippen LogP contribution in [-0.2, 0) is 11.3 Å². The van der Waals surface area contributed by atoms with E-state index in [4.69, 9.17) is 9.84 Å². The summed E-state index contributed by atoms with van der Waals surface area (Å²) in [6, 6.07) is 4.85. The van der Waals surface area contributed by atoms with E-state index in [1.807, 2.05) is 0 Å². The molecule has 1 aromatic heterocycles. The number of aromatic nitrogens is 1. The first-order chi connectivity index (χ1) is 8.59. The molecule has 2 rings (SSSR count). The minimum absolute atomic E-state index is 0.0252. The van der Waals surface area contributed by atoms with Crippen LogP contribution in [0.15, 0.2) is 18.2 Å². The number of hydrogen-bond acceptors (Lipinski definition) is 5. The predicted molar refractivity (Wildman–Crippen MR) is 63.3 cm³/mol. The number of nitrogens with zero attached hydrogens (tertiary/aromatic N) is 1. The van der Waals surface area contributed by atoms with Crippen molar-refractivity contribution in [1.82, 2.24) is 10.3 Å². The molecule has 0 aliphatic carbocycles. The van der Waals surface area contributed by atoms with E-state index in [-0.39, 0.29) is 5.69 Å². The molecule has 1 aromatic rings. The van der Waals surface area contributed by atoms with Crippen LogP contribution < -0.4 is 5.32 Å². The summed E-state index contributed by atoms with van der Waals surface area (Å²) in [5.41, 5.74) is -0.153. The van der Waals surface area contributed by atoms with Crippen LogP contribution in [0.4, 0.5) is 0 Å². The Bertz CT molecular complexity index is 430. The summed E-state index contributed by atoms with van der Waals surface area (Å²) < 4.78 is 5.13. The molecule has 2 heterocycles. The summed E-state index contributed by atoms with van der Waals surface area (Å²) >= 11 is 0. The lowest BCUT2D eigenvalue weighted by atomic mass is 10.0. The Hall–Kier alpha value is -1.50. The lowest BCUT2D eigenvalue weighted by Crippen LogP contribution is -2.40. The molecule has 1 fully saturated rings. The standard InChI is InChI=1S/C12H16N2O4/c15-11(16)10-3-1-2-9(14-10)6-13-7-12(17)4-5-18-8-12/h1-3,13,17H,4-8H2,(H,15,16). The van der Waals surface area contributed by atoms with E-state index in [9.17, 15) is 9.90 Å². The topological polar surface area (TPSA) is 91.7 Å². The maximum Gasteiger partial charge on any atom is 0.354 e. The van der Waals surface area contributed by atoms with Crippen molar-refractivity contribution in [2.24, 2.45) is 0 Å². The quantitative estimate of drug-likeness (QED) is 0.684. The van der Waals surface area contributed by atoms with Gasteiger partial charge in [0.15, 0.2) is 0 Å². The largest absolute Gasteiger partial charge is 0.477 e. The third-order valence-electron chi connectivity index (χ3n) is 2.87. The Labute approximate surface area is 105 Å². The average Bonchev–Trinajstić information content (AvgIpc) is 2.77. The number of hydrogen-bond donors (Lipinski definition) is 3. The third kappa shape index (κ3) is 3.25. The van der Waals surface area contributed by atoms with E-state index < -0.39 is 11.6 Å². The molecule has 98 valence electrons. The number of nitrogens with one attached hydrogen (secondary N) is 1. The molecular formula is C12H16N2O4. The van der Waals surface area contributed by atoms with Gasteiger partial charge in [-0.05, 0) is 12.1 Å². The van der Waals surface area contributed by atoms with Gasteiger partial charge in [0.05, 0.1) is 12.3 Å². The fraction of sp³-hybridized carbons (Fsp3) is 0.500. The van der Waals surface area contributed by atoms with Crippen LogP contribution in [0.5, 0.6) is 0 Å². The molecule has 0 spiro atoms. The lowest BCUT2D eigenvalue weighted by molar-refractivity contribution is 0.0268. The number of pyridine rings is 1. The molecule has 0 aromatic carbocycles. The van der Waals surface area contributed by atoms with E-state index >= 15 is 0 Å². The van der Waals surface area contributed by atoms with Crippen LogP contribution in [0.25, 0.3) is 0 Å². The van der Waals surface area contributed by atoms with E-state index in [0.717, 1.165) is 0 Å². The zero-order valence-corrected chi connectivity index (χ0v) is 9.93. The van der Waals surface area contributed by atoms with Gasteiger partial charge in [-0.2, -0.15) is 0 Å². The monoisotopic (exact) mass is 252 g/mol. The summed E-state index contributed by atoms with van der Waals surface area (Å²) in [5, 5.41) is 21.9. The molecule has 0 bridgehead atoms. The molecule has 0 saturated carbocycles. The van der Waals surface area contributed by atoms with Crippen molar-refractivity contribution in [1.29, 1.82) is 0 Å². The normalized spacial score (nSPS) is 23.2. The minimum Gasteiger partial charge on any atom is -0.477 e. The van der Waals surface area contributed by atoms with Crippen molar-refractivity contribution in [2.45, 2.75) is 18.6 Å². The smallest absolute Gasteiger partial charge is 0.354 e. The molecular weight excluding hydrogens is 236 g/mol. The molecule has 0 radical (unpaired) electrons. The van der Waals surface area contributed by atoms with Gasteiger partial charge < -0.3 is 20.3 Å². The van der Waals surface area contributed by atoms with Gasteiger partial charge in [-0.3, -0.25) is 0 Å². The zero-order chi connectivity index (χ0) is 13.0. The second kappa shape index (κ2) is 5.43. The molecule has 6 heteroatoms. The minimum atomic E-state index is -1.04. The summed E-state index contributed by atoms with van der Waals surface area (Å²) in [5.74, 6) is -1.04. The second-order valence-corrected chi connectivity index (χ2v) is 4.45. The molecule has 18 heavy (non-hydrogen) atoms. The number of carboxylic acid groups (broad SMARTS) is 1. The zero-order valence-electron chi connectivity index (χ0n) is 9.93. The number of ether oxygens (including phenoxy) is 1. The van der Waals surface area contributed by atoms with Gasteiger partial charge in [0.1, 0.15) is 11.3 Å². The van der Waals surface area contributed by atoms with Gasteiger partial charge in [-0.25, -0.2) is 9.78 Å². The Balaban J connectivity index is 1.86. The van der Waals surface area contributed by atoms with Crippen molar-refractivity contribution in [2.75, 3.05) is 19.8 Å². The number of carboxylic acids is 1. The van der Waals surface area contributed by atoms with Crippen LogP contribution in [0.2, 0.25) is 0 Å². The van der Waals surface area contributed by atoms with Crippen LogP contribution >= 0.6 is 0 Å². The first-order valence-corrected chi connectivity index (χ1v) is 5.79. The fourth-order valence-corrected chi connectivity index (χ4v) is 1.86. The highest BCUT2D eigenvalue weighted by Gasteiger charge is 2.31. The molecule has 3 N–H and O–H groups in total. The highest BCUT2D eigenvalue weighted by atomic mass is 16.5. The van der Waals surface area contributed by atoms with Crippen LogP contribution in [0, 0.1) is 0 Å². The predicted octanol–water partition coefficient (Wildman–Crippen LogP) is 0.0208. The fourth-order valence-electron chi connectivity index (χ4n) is 1.86. The maximum absolute atomic E-state index is 10.7. The van der Waals surface area contributed by atoms with Crippen LogP contribution in [0.3, 0.4) is 0 Å².